The molecule has 0 bridgehead atoms. The smallest absolute Gasteiger partial charge is 0.356 e. The van der Waals surface area contributed by atoms with Gasteiger partial charge in [-0.3, -0.25) is 0 Å². The van der Waals surface area contributed by atoms with E-state index < -0.39 is 37.2 Å². The van der Waals surface area contributed by atoms with Crippen LogP contribution >= 0.6 is 0 Å². The molecule has 0 aromatic rings. The standard InChI is InChI=1S/C9H9FN2O4/c1-2-9(10,7(13)15-5-3-11)8(14)16-6-4-12/h2,5-6H2,1H3. The van der Waals surface area contributed by atoms with E-state index in [0.29, 0.717) is 0 Å². The monoisotopic (exact) mass is 228 g/mol. The van der Waals surface area contributed by atoms with Crippen molar-refractivity contribution in [3.05, 3.63) is 0 Å². The number of rotatable bonds is 5. The van der Waals surface area contributed by atoms with Crippen LogP contribution in [0.1, 0.15) is 13.3 Å². The molecule has 0 amide bonds. The van der Waals surface area contributed by atoms with E-state index in [0.717, 1.165) is 0 Å². The van der Waals surface area contributed by atoms with Crippen molar-refractivity contribution in [3.8, 4) is 12.1 Å². The van der Waals surface area contributed by atoms with Crippen molar-refractivity contribution in [3.63, 3.8) is 0 Å². The number of halogens is 1. The number of alkyl halides is 1. The SMILES string of the molecule is CCC(F)(C(=O)OCC#N)C(=O)OCC#N. The maximum absolute atomic E-state index is 13.8. The van der Waals surface area contributed by atoms with Crippen LogP contribution in [-0.2, 0) is 19.1 Å². The zero-order valence-corrected chi connectivity index (χ0v) is 8.53. The van der Waals surface area contributed by atoms with Crippen molar-refractivity contribution >= 4 is 11.9 Å². The van der Waals surface area contributed by atoms with Crippen molar-refractivity contribution in [2.24, 2.45) is 0 Å². The van der Waals surface area contributed by atoms with Gasteiger partial charge in [-0.05, 0) is 0 Å². The van der Waals surface area contributed by atoms with E-state index in [4.69, 9.17) is 10.5 Å². The predicted molar refractivity (Wildman–Crippen MR) is 47.3 cm³/mol. The fourth-order valence-electron chi connectivity index (χ4n) is 0.796. The molecule has 0 saturated heterocycles. The molecule has 16 heavy (non-hydrogen) atoms. The second kappa shape index (κ2) is 6.36. The third kappa shape index (κ3) is 3.21. The highest BCUT2D eigenvalue weighted by atomic mass is 19.1. The highest BCUT2D eigenvalue weighted by molar-refractivity contribution is 6.03. The number of carbonyl (C=O) groups is 2. The highest BCUT2D eigenvalue weighted by Gasteiger charge is 2.48. The average Bonchev–Trinajstić information content (AvgIpc) is 2.31. The molecule has 0 N–H and O–H groups in total. The molecule has 0 heterocycles. The van der Waals surface area contributed by atoms with E-state index >= 15 is 0 Å². The molecular formula is C9H9FN2O4. The van der Waals surface area contributed by atoms with Crippen LogP contribution in [0.5, 0.6) is 0 Å². The molecule has 7 heteroatoms. The molecule has 6 nitrogen and oxygen atoms in total. The second-order valence-electron chi connectivity index (χ2n) is 2.62. The largest absolute Gasteiger partial charge is 0.447 e. The Kier molecular flexibility index (Phi) is 5.50. The summed E-state index contributed by atoms with van der Waals surface area (Å²) in [5, 5.41) is 16.2. The molecule has 0 aliphatic heterocycles. The van der Waals surface area contributed by atoms with Crippen LogP contribution in [0.3, 0.4) is 0 Å². The first kappa shape index (κ1) is 13.8. The van der Waals surface area contributed by atoms with Gasteiger partial charge in [-0.2, -0.15) is 10.5 Å². The number of ether oxygens (including phenoxy) is 2. The quantitative estimate of drug-likeness (QED) is 0.493. The van der Waals surface area contributed by atoms with Crippen molar-refractivity contribution in [1.29, 1.82) is 10.5 Å². The first-order valence-electron chi connectivity index (χ1n) is 4.30. The molecule has 0 radical (unpaired) electrons. The van der Waals surface area contributed by atoms with Gasteiger partial charge in [0.15, 0.2) is 13.2 Å². The lowest BCUT2D eigenvalue weighted by molar-refractivity contribution is -0.173. The number of carbonyl (C=O) groups excluding carboxylic acids is 2. The van der Waals surface area contributed by atoms with Gasteiger partial charge in [0.2, 0.25) is 0 Å². The zero-order chi connectivity index (χ0) is 12.6. The summed E-state index contributed by atoms with van der Waals surface area (Å²) in [7, 11) is 0. The van der Waals surface area contributed by atoms with E-state index in [1.165, 1.54) is 19.1 Å². The summed E-state index contributed by atoms with van der Waals surface area (Å²) in [4.78, 5) is 22.3. The number of esters is 2. The van der Waals surface area contributed by atoms with Crippen molar-refractivity contribution < 1.29 is 23.5 Å². The van der Waals surface area contributed by atoms with Crippen molar-refractivity contribution in [2.75, 3.05) is 13.2 Å². The first-order chi connectivity index (χ1) is 7.52. The Labute approximate surface area is 91.2 Å². The lowest BCUT2D eigenvalue weighted by Crippen LogP contribution is -2.44. The van der Waals surface area contributed by atoms with Crippen LogP contribution in [-0.4, -0.2) is 30.8 Å². The van der Waals surface area contributed by atoms with Crippen molar-refractivity contribution in [2.45, 2.75) is 19.0 Å². The van der Waals surface area contributed by atoms with E-state index in [9.17, 15) is 14.0 Å². The Morgan fingerprint density at radius 2 is 1.56 bits per heavy atom. The Bertz CT molecular complexity index is 326. The minimum absolute atomic E-state index is 0.498. The fourth-order valence-corrected chi connectivity index (χ4v) is 0.796. The van der Waals surface area contributed by atoms with Gasteiger partial charge < -0.3 is 9.47 Å². The molecule has 0 spiro atoms. The molecule has 0 atom stereocenters. The van der Waals surface area contributed by atoms with Crippen LogP contribution in [0.25, 0.3) is 0 Å². The molecule has 0 aliphatic rings. The van der Waals surface area contributed by atoms with E-state index in [1.807, 2.05) is 0 Å². The molecule has 0 fully saturated rings. The number of hydrogen-bond acceptors (Lipinski definition) is 6. The van der Waals surface area contributed by atoms with Gasteiger partial charge in [-0.1, -0.05) is 6.92 Å². The van der Waals surface area contributed by atoms with Gasteiger partial charge in [-0.25, -0.2) is 14.0 Å². The molecule has 0 rings (SSSR count). The maximum atomic E-state index is 13.8. The van der Waals surface area contributed by atoms with E-state index in [-0.39, 0.29) is 0 Å². The maximum Gasteiger partial charge on any atom is 0.356 e. The summed E-state index contributed by atoms with van der Waals surface area (Å²) in [6, 6.07) is 2.93. The van der Waals surface area contributed by atoms with Gasteiger partial charge in [0.1, 0.15) is 12.1 Å². The van der Waals surface area contributed by atoms with E-state index in [1.54, 1.807) is 0 Å². The molecule has 86 valence electrons. The second-order valence-corrected chi connectivity index (χ2v) is 2.62. The first-order valence-corrected chi connectivity index (χ1v) is 4.30. The highest BCUT2D eigenvalue weighted by Crippen LogP contribution is 2.20. The van der Waals surface area contributed by atoms with Gasteiger partial charge in [-0.15, -0.1) is 0 Å². The summed E-state index contributed by atoms with van der Waals surface area (Å²) >= 11 is 0. The molecule has 0 unspecified atom stereocenters. The molecule has 0 aromatic carbocycles. The minimum Gasteiger partial charge on any atom is -0.447 e. The Balaban J connectivity index is 4.64. The number of hydrogen-bond donors (Lipinski definition) is 0. The van der Waals surface area contributed by atoms with Gasteiger partial charge in [0.25, 0.3) is 0 Å². The topological polar surface area (TPSA) is 100 Å². The van der Waals surface area contributed by atoms with Crippen LogP contribution in [0.2, 0.25) is 0 Å². The Morgan fingerprint density at radius 1 is 1.19 bits per heavy atom. The third-order valence-electron chi connectivity index (χ3n) is 1.67. The lowest BCUT2D eigenvalue weighted by Gasteiger charge is -2.18. The Morgan fingerprint density at radius 3 is 1.81 bits per heavy atom. The summed E-state index contributed by atoms with van der Waals surface area (Å²) < 4.78 is 22.2. The van der Waals surface area contributed by atoms with Crippen LogP contribution in [0, 0.1) is 22.7 Å². The van der Waals surface area contributed by atoms with Gasteiger partial charge in [0, 0.05) is 6.42 Å². The number of nitrogens with zero attached hydrogens (tertiary/aromatic N) is 2. The molecule has 0 aromatic heterocycles. The van der Waals surface area contributed by atoms with Crippen molar-refractivity contribution in [1.82, 2.24) is 0 Å². The van der Waals surface area contributed by atoms with Crippen LogP contribution in [0.4, 0.5) is 4.39 Å². The van der Waals surface area contributed by atoms with Gasteiger partial charge in [0.05, 0.1) is 0 Å². The normalized spacial score (nSPS) is 9.75. The number of nitriles is 2. The van der Waals surface area contributed by atoms with Crippen LogP contribution in [0.15, 0.2) is 0 Å². The fraction of sp³-hybridized carbons (Fsp3) is 0.556. The Hall–Kier alpha value is -2.15. The minimum atomic E-state index is -2.96. The summed E-state index contributed by atoms with van der Waals surface area (Å²) in [6.07, 6.45) is -0.498. The molecule has 0 aliphatic carbocycles. The summed E-state index contributed by atoms with van der Waals surface area (Å²) in [6.45, 7) is -0.0761. The molecular weight excluding hydrogens is 219 g/mol. The van der Waals surface area contributed by atoms with Crippen LogP contribution < -0.4 is 0 Å². The lowest BCUT2D eigenvalue weighted by atomic mass is 10.0. The predicted octanol–water partition coefficient (Wildman–Crippen LogP) is 0.238. The summed E-state index contributed by atoms with van der Waals surface area (Å²) in [5.74, 6) is -2.97. The van der Waals surface area contributed by atoms with Gasteiger partial charge >= 0.3 is 17.6 Å². The summed E-state index contributed by atoms with van der Waals surface area (Å²) in [5.41, 5.74) is -2.96. The molecule has 0 saturated carbocycles. The average molecular weight is 228 g/mol. The zero-order valence-electron chi connectivity index (χ0n) is 8.53. The third-order valence-corrected chi connectivity index (χ3v) is 1.67. The van der Waals surface area contributed by atoms with E-state index in [2.05, 4.69) is 9.47 Å².